The van der Waals surface area contributed by atoms with E-state index in [9.17, 15) is 18.0 Å². The number of morpholine rings is 1. The predicted molar refractivity (Wildman–Crippen MR) is 175 cm³/mol. The quantitative estimate of drug-likeness (QED) is 0.229. The van der Waals surface area contributed by atoms with Crippen LogP contribution < -0.4 is 4.31 Å². The maximum Gasteiger partial charge on any atom is 0.260 e. The Bertz CT molecular complexity index is 1780. The number of amides is 2. The van der Waals surface area contributed by atoms with Gasteiger partial charge in [-0.15, -0.1) is 0 Å². The molecule has 2 fully saturated rings. The molecule has 0 aromatic heterocycles. The van der Waals surface area contributed by atoms with Crippen LogP contribution >= 0.6 is 23.2 Å². The van der Waals surface area contributed by atoms with Gasteiger partial charge in [-0.2, -0.15) is 0 Å². The van der Waals surface area contributed by atoms with Crippen molar-refractivity contribution in [2.24, 2.45) is 5.92 Å². The molecule has 0 radical (unpaired) electrons. The Kier molecular flexibility index (Phi) is 9.17. The number of rotatable bonds is 11. The highest BCUT2D eigenvalue weighted by atomic mass is 35.5. The Morgan fingerprint density at radius 3 is 2.30 bits per heavy atom. The maximum atomic E-state index is 15.3. The molecule has 2 aliphatic carbocycles. The monoisotopic (exact) mass is 685 g/mol. The Morgan fingerprint density at radius 2 is 1.70 bits per heavy atom. The van der Waals surface area contributed by atoms with E-state index in [4.69, 9.17) is 27.9 Å². The van der Waals surface area contributed by atoms with Gasteiger partial charge in [0.05, 0.1) is 35.6 Å². The second-order valence-electron chi connectivity index (χ2n) is 12.1. The number of nitrogens with zero attached hydrogens (tertiary/aromatic N) is 3. The molecule has 1 saturated carbocycles. The standard InChI is InChI=1S/C34H34Cl2FN3O5S/c1-38(2)31(41)19-30-34(42)40(32(22-12-14-24(35)15-13-22)33(45-30)23-6-5-7-25(36)18-23)29(21-10-11-21)20-39(46(43,44)26-16-17-26)28-9-4-3-8-27(28)37/h3-9,12-16,18,21,29-30,32-33H,10-11,17,19-20H2,1-2H3/t29-,30-,32-,33-/m1/s1. The minimum atomic E-state index is -4.07. The summed E-state index contributed by atoms with van der Waals surface area (Å²) in [4.78, 5) is 30.9. The van der Waals surface area contributed by atoms with Crippen molar-refractivity contribution in [3.8, 4) is 0 Å². The van der Waals surface area contributed by atoms with Gasteiger partial charge in [0.15, 0.2) is 0 Å². The van der Waals surface area contributed by atoms with Crippen LogP contribution in [0.4, 0.5) is 10.1 Å². The van der Waals surface area contributed by atoms with Gasteiger partial charge in [-0.25, -0.2) is 12.8 Å². The fourth-order valence-electron chi connectivity index (χ4n) is 6.03. The molecular weight excluding hydrogens is 652 g/mol. The van der Waals surface area contributed by atoms with Crippen molar-refractivity contribution in [3.63, 3.8) is 0 Å². The zero-order valence-corrected chi connectivity index (χ0v) is 27.7. The van der Waals surface area contributed by atoms with Crippen LogP contribution in [0.3, 0.4) is 0 Å². The average molecular weight is 687 g/mol. The van der Waals surface area contributed by atoms with E-state index in [1.165, 1.54) is 23.1 Å². The summed E-state index contributed by atoms with van der Waals surface area (Å²) in [5.74, 6) is -1.50. The summed E-state index contributed by atoms with van der Waals surface area (Å²) in [5, 5.41) is 0.967. The summed E-state index contributed by atoms with van der Waals surface area (Å²) >= 11 is 12.7. The van der Waals surface area contributed by atoms with Crippen molar-refractivity contribution in [2.45, 2.75) is 50.0 Å². The normalized spacial score (nSPS) is 21.8. The van der Waals surface area contributed by atoms with E-state index in [-0.39, 0.29) is 41.8 Å². The number of carbonyl (C=O) groups excluding carboxylic acids is 2. The number of sulfonamides is 1. The van der Waals surface area contributed by atoms with Gasteiger partial charge in [-0.3, -0.25) is 13.9 Å². The molecule has 6 rings (SSSR count). The van der Waals surface area contributed by atoms with Crippen LogP contribution in [0.25, 0.3) is 0 Å². The molecule has 242 valence electrons. The zero-order valence-electron chi connectivity index (χ0n) is 25.4. The van der Waals surface area contributed by atoms with Crippen molar-refractivity contribution in [1.29, 1.82) is 0 Å². The fraction of sp³-hybridized carbons (Fsp3) is 0.353. The van der Waals surface area contributed by atoms with Crippen LogP contribution in [-0.2, 0) is 24.3 Å². The molecule has 46 heavy (non-hydrogen) atoms. The third-order valence-electron chi connectivity index (χ3n) is 8.66. The van der Waals surface area contributed by atoms with Gasteiger partial charge in [0.1, 0.15) is 18.0 Å². The van der Waals surface area contributed by atoms with Gasteiger partial charge >= 0.3 is 0 Å². The molecule has 8 nitrogen and oxygen atoms in total. The third-order valence-corrected chi connectivity index (χ3v) is 11.1. The number of halogens is 3. The van der Waals surface area contributed by atoms with Crippen LogP contribution in [0.2, 0.25) is 10.0 Å². The van der Waals surface area contributed by atoms with Crippen molar-refractivity contribution in [1.82, 2.24) is 9.80 Å². The number of benzene rings is 3. The Morgan fingerprint density at radius 1 is 1.00 bits per heavy atom. The van der Waals surface area contributed by atoms with Crippen molar-refractivity contribution in [3.05, 3.63) is 111 Å². The summed E-state index contributed by atoms with van der Waals surface area (Å²) in [6, 6.07) is 18.5. The van der Waals surface area contributed by atoms with Gasteiger partial charge in [0, 0.05) is 30.6 Å². The average Bonchev–Trinajstić information content (AvgIpc) is 3.93. The fourth-order valence-corrected chi connectivity index (χ4v) is 7.90. The third kappa shape index (κ3) is 6.67. The first-order valence-electron chi connectivity index (χ1n) is 15.1. The summed E-state index contributed by atoms with van der Waals surface area (Å²) in [6.45, 7) is -0.183. The van der Waals surface area contributed by atoms with Crippen LogP contribution in [0.5, 0.6) is 0 Å². The zero-order chi connectivity index (χ0) is 32.7. The molecule has 3 aromatic carbocycles. The van der Waals surface area contributed by atoms with Crippen LogP contribution in [-0.4, -0.2) is 62.8 Å². The molecule has 12 heteroatoms. The molecular formula is C34H34Cl2FN3O5S. The molecule has 1 aliphatic heterocycles. The predicted octanol–water partition coefficient (Wildman–Crippen LogP) is 6.52. The molecule has 0 N–H and O–H groups in total. The van der Waals surface area contributed by atoms with Gasteiger partial charge < -0.3 is 14.5 Å². The molecule has 4 atom stereocenters. The first-order valence-corrected chi connectivity index (χ1v) is 17.3. The molecule has 0 spiro atoms. The Hall–Kier alpha value is -3.44. The second-order valence-corrected chi connectivity index (χ2v) is 14.9. The first kappa shape index (κ1) is 32.5. The molecule has 2 amide bonds. The van der Waals surface area contributed by atoms with Gasteiger partial charge in [-0.05, 0) is 66.3 Å². The molecule has 3 aromatic rings. The van der Waals surface area contributed by atoms with Gasteiger partial charge in [-0.1, -0.05) is 65.7 Å². The van der Waals surface area contributed by atoms with E-state index in [1.54, 1.807) is 61.5 Å². The topological polar surface area (TPSA) is 87.2 Å². The molecule has 0 unspecified atom stereocenters. The lowest BCUT2D eigenvalue weighted by molar-refractivity contribution is -0.182. The highest BCUT2D eigenvalue weighted by Gasteiger charge is 2.52. The van der Waals surface area contributed by atoms with Crippen LogP contribution in [0, 0.1) is 11.7 Å². The van der Waals surface area contributed by atoms with E-state index >= 15 is 4.39 Å². The van der Waals surface area contributed by atoms with E-state index in [2.05, 4.69) is 0 Å². The van der Waals surface area contributed by atoms with Crippen molar-refractivity contribution < 1.29 is 27.1 Å². The largest absolute Gasteiger partial charge is 0.357 e. The van der Waals surface area contributed by atoms with Crippen molar-refractivity contribution >= 4 is 50.7 Å². The SMILES string of the molecule is CN(C)C(=O)C[C@H]1O[C@H](c2cccc(Cl)c2)[C@@H](c2ccc(Cl)cc2)N([C@H](CN(c2ccccc2F)S(=O)(=O)C2=CC2)C2CC2)C1=O. The number of carbonyl (C=O) groups is 2. The first-order chi connectivity index (χ1) is 22.0. The number of hydrogen-bond acceptors (Lipinski definition) is 5. The lowest BCUT2D eigenvalue weighted by Gasteiger charge is -2.49. The summed E-state index contributed by atoms with van der Waals surface area (Å²) in [6.07, 6.45) is 1.23. The van der Waals surface area contributed by atoms with Gasteiger partial charge in [0.25, 0.3) is 15.9 Å². The number of anilines is 1. The van der Waals surface area contributed by atoms with E-state index in [0.29, 0.717) is 21.2 Å². The van der Waals surface area contributed by atoms with E-state index in [1.807, 2.05) is 18.2 Å². The number of allylic oxidation sites excluding steroid dienone is 2. The Balaban J connectivity index is 1.51. The van der Waals surface area contributed by atoms with E-state index < -0.39 is 46.0 Å². The van der Waals surface area contributed by atoms with Crippen LogP contribution in [0.15, 0.2) is 83.8 Å². The van der Waals surface area contributed by atoms with E-state index in [0.717, 1.165) is 17.1 Å². The lowest BCUT2D eigenvalue weighted by Crippen LogP contribution is -2.59. The molecule has 3 aliphatic rings. The minimum Gasteiger partial charge on any atom is -0.357 e. The summed E-state index contributed by atoms with van der Waals surface area (Å²) < 4.78 is 50.7. The van der Waals surface area contributed by atoms with Crippen molar-refractivity contribution in [2.75, 3.05) is 24.9 Å². The second kappa shape index (κ2) is 13.0. The van der Waals surface area contributed by atoms with Gasteiger partial charge in [0.2, 0.25) is 5.91 Å². The number of para-hydroxylation sites is 1. The minimum absolute atomic E-state index is 0.0697. The highest BCUT2D eigenvalue weighted by Crippen LogP contribution is 2.49. The summed E-state index contributed by atoms with van der Waals surface area (Å²) in [7, 11) is -0.861. The maximum absolute atomic E-state index is 15.3. The molecule has 0 bridgehead atoms. The molecule has 1 saturated heterocycles. The van der Waals surface area contributed by atoms with Crippen LogP contribution in [0.1, 0.15) is 49.0 Å². The smallest absolute Gasteiger partial charge is 0.260 e. The number of hydrogen-bond donors (Lipinski definition) is 0. The summed E-state index contributed by atoms with van der Waals surface area (Å²) in [5.41, 5.74) is 1.30. The highest BCUT2D eigenvalue weighted by molar-refractivity contribution is 7.96. The number of ether oxygens (including phenoxy) is 1. The Labute approximate surface area is 278 Å². The molecule has 1 heterocycles. The lowest BCUT2D eigenvalue weighted by atomic mass is 9.89.